The Labute approximate surface area is 79.7 Å². The first-order chi connectivity index (χ1) is 6.15. The average molecular weight is 182 g/mol. The molecule has 0 aliphatic heterocycles. The maximum Gasteiger partial charge on any atom is 0.308 e. The molecular formula is C11H18O2. The van der Waals surface area contributed by atoms with Crippen molar-refractivity contribution < 1.29 is 9.53 Å². The van der Waals surface area contributed by atoms with Gasteiger partial charge in [-0.15, -0.1) is 0 Å². The largest absolute Gasteiger partial charge is 0.469 e. The number of carbonyl (C=O) groups excluding carboxylic acids is 1. The van der Waals surface area contributed by atoms with Crippen molar-refractivity contribution in [3.63, 3.8) is 0 Å². The Kier molecular flexibility index (Phi) is 2.09. The Morgan fingerprint density at radius 2 is 1.92 bits per heavy atom. The summed E-state index contributed by atoms with van der Waals surface area (Å²) in [5.74, 6) is 3.14. The van der Waals surface area contributed by atoms with Crippen LogP contribution in [-0.2, 0) is 9.53 Å². The van der Waals surface area contributed by atoms with Crippen LogP contribution in [0.1, 0.15) is 26.7 Å². The van der Waals surface area contributed by atoms with E-state index in [0.29, 0.717) is 11.8 Å². The standard InChI is InChI=1S/C11H18O2/c1-6-7(2)9-4-8(6)5-10(9)11(12)13-3/h6-10H,4-5H2,1-3H3/t6?,7?,8-,9?,10+/m1/s1. The SMILES string of the molecule is COC(=O)[C@H]1C[C@H]2CC1C(C)C2C. The number of carbonyl (C=O) groups is 1. The van der Waals surface area contributed by atoms with Gasteiger partial charge >= 0.3 is 5.97 Å². The van der Waals surface area contributed by atoms with E-state index in [0.717, 1.165) is 18.3 Å². The van der Waals surface area contributed by atoms with E-state index in [1.165, 1.54) is 13.5 Å². The molecule has 13 heavy (non-hydrogen) atoms. The van der Waals surface area contributed by atoms with E-state index in [-0.39, 0.29) is 11.9 Å². The van der Waals surface area contributed by atoms with Gasteiger partial charge in [-0.2, -0.15) is 0 Å². The quantitative estimate of drug-likeness (QED) is 0.580. The fraction of sp³-hybridized carbons (Fsp3) is 0.909. The Balaban J connectivity index is 2.10. The van der Waals surface area contributed by atoms with Crippen LogP contribution in [0.15, 0.2) is 0 Å². The van der Waals surface area contributed by atoms with Crippen molar-refractivity contribution >= 4 is 5.97 Å². The molecule has 0 aromatic carbocycles. The zero-order valence-electron chi connectivity index (χ0n) is 8.62. The predicted octanol–water partition coefficient (Wildman–Crippen LogP) is 2.09. The fourth-order valence-corrected chi connectivity index (χ4v) is 3.36. The second-order valence-electron chi connectivity index (χ2n) is 4.74. The van der Waals surface area contributed by atoms with E-state index in [1.807, 2.05) is 0 Å². The summed E-state index contributed by atoms with van der Waals surface area (Å²) in [6, 6.07) is 0. The summed E-state index contributed by atoms with van der Waals surface area (Å²) < 4.78 is 4.83. The molecule has 74 valence electrons. The number of fused-ring (bicyclic) bond motifs is 2. The Morgan fingerprint density at radius 3 is 2.38 bits per heavy atom. The molecule has 2 fully saturated rings. The second-order valence-corrected chi connectivity index (χ2v) is 4.74. The molecule has 0 aromatic heterocycles. The maximum absolute atomic E-state index is 11.4. The number of hydrogen-bond donors (Lipinski definition) is 0. The molecule has 0 aromatic rings. The molecule has 0 radical (unpaired) electrons. The highest BCUT2D eigenvalue weighted by Gasteiger charge is 2.51. The van der Waals surface area contributed by atoms with Crippen LogP contribution < -0.4 is 0 Å². The normalized spacial score (nSPS) is 48.1. The molecule has 2 aliphatic carbocycles. The van der Waals surface area contributed by atoms with Gasteiger partial charge in [-0.1, -0.05) is 13.8 Å². The van der Waals surface area contributed by atoms with Gasteiger partial charge in [0.1, 0.15) is 0 Å². The summed E-state index contributed by atoms with van der Waals surface area (Å²) in [6.07, 6.45) is 2.32. The topological polar surface area (TPSA) is 26.3 Å². The maximum atomic E-state index is 11.4. The molecule has 2 bridgehead atoms. The number of esters is 1. The minimum absolute atomic E-state index is 0.0197. The lowest BCUT2D eigenvalue weighted by molar-refractivity contribution is -0.148. The van der Waals surface area contributed by atoms with Crippen molar-refractivity contribution in [1.82, 2.24) is 0 Å². The van der Waals surface area contributed by atoms with Crippen LogP contribution in [0.25, 0.3) is 0 Å². The van der Waals surface area contributed by atoms with Crippen molar-refractivity contribution in [2.75, 3.05) is 7.11 Å². The van der Waals surface area contributed by atoms with Gasteiger partial charge in [0.25, 0.3) is 0 Å². The molecule has 0 heterocycles. The van der Waals surface area contributed by atoms with Gasteiger partial charge in [0.05, 0.1) is 13.0 Å². The summed E-state index contributed by atoms with van der Waals surface area (Å²) in [6.45, 7) is 4.60. The molecule has 0 spiro atoms. The van der Waals surface area contributed by atoms with Crippen molar-refractivity contribution in [3.8, 4) is 0 Å². The van der Waals surface area contributed by atoms with E-state index >= 15 is 0 Å². The van der Waals surface area contributed by atoms with Crippen LogP contribution in [-0.4, -0.2) is 13.1 Å². The van der Waals surface area contributed by atoms with Crippen LogP contribution in [0.3, 0.4) is 0 Å². The van der Waals surface area contributed by atoms with Crippen molar-refractivity contribution in [3.05, 3.63) is 0 Å². The molecule has 2 heteroatoms. The van der Waals surface area contributed by atoms with Crippen LogP contribution in [0.2, 0.25) is 0 Å². The highest BCUT2D eigenvalue weighted by atomic mass is 16.5. The van der Waals surface area contributed by atoms with Crippen molar-refractivity contribution in [1.29, 1.82) is 0 Å². The zero-order chi connectivity index (χ0) is 9.59. The van der Waals surface area contributed by atoms with Crippen molar-refractivity contribution in [2.45, 2.75) is 26.7 Å². The number of hydrogen-bond acceptors (Lipinski definition) is 2. The molecule has 5 atom stereocenters. The third kappa shape index (κ3) is 1.18. The van der Waals surface area contributed by atoms with Gasteiger partial charge in [-0.05, 0) is 36.5 Å². The molecule has 2 rings (SSSR count). The van der Waals surface area contributed by atoms with E-state index < -0.39 is 0 Å². The molecule has 0 N–H and O–H groups in total. The highest BCUT2D eigenvalue weighted by Crippen LogP contribution is 2.55. The van der Waals surface area contributed by atoms with E-state index in [2.05, 4.69) is 13.8 Å². The number of ether oxygens (including phenoxy) is 1. The van der Waals surface area contributed by atoms with E-state index in [1.54, 1.807) is 0 Å². The molecule has 0 amide bonds. The predicted molar refractivity (Wildman–Crippen MR) is 50.0 cm³/mol. The Hall–Kier alpha value is -0.530. The minimum Gasteiger partial charge on any atom is -0.469 e. The second kappa shape index (κ2) is 3.00. The first-order valence-corrected chi connectivity index (χ1v) is 5.23. The monoisotopic (exact) mass is 182 g/mol. The van der Waals surface area contributed by atoms with Gasteiger partial charge in [-0.3, -0.25) is 4.79 Å². The lowest BCUT2D eigenvalue weighted by Crippen LogP contribution is -2.30. The van der Waals surface area contributed by atoms with Crippen molar-refractivity contribution in [2.24, 2.45) is 29.6 Å². The fourth-order valence-electron chi connectivity index (χ4n) is 3.36. The van der Waals surface area contributed by atoms with Gasteiger partial charge in [0.15, 0.2) is 0 Å². The van der Waals surface area contributed by atoms with Gasteiger partial charge in [-0.25, -0.2) is 0 Å². The van der Waals surface area contributed by atoms with Crippen LogP contribution >= 0.6 is 0 Å². The summed E-state index contributed by atoms with van der Waals surface area (Å²) in [5.41, 5.74) is 0. The van der Waals surface area contributed by atoms with E-state index in [9.17, 15) is 4.79 Å². The molecule has 0 saturated heterocycles. The number of rotatable bonds is 1. The summed E-state index contributed by atoms with van der Waals surface area (Å²) in [5, 5.41) is 0. The van der Waals surface area contributed by atoms with Crippen LogP contribution in [0, 0.1) is 29.6 Å². The van der Waals surface area contributed by atoms with Gasteiger partial charge in [0.2, 0.25) is 0 Å². The molecule has 3 unspecified atom stereocenters. The van der Waals surface area contributed by atoms with Crippen LogP contribution in [0.4, 0.5) is 0 Å². The van der Waals surface area contributed by atoms with E-state index in [4.69, 9.17) is 4.74 Å². The smallest absolute Gasteiger partial charge is 0.308 e. The Bertz CT molecular complexity index is 222. The van der Waals surface area contributed by atoms with Gasteiger partial charge < -0.3 is 4.74 Å². The zero-order valence-corrected chi connectivity index (χ0v) is 8.62. The third-order valence-corrected chi connectivity index (χ3v) is 4.40. The first kappa shape index (κ1) is 9.04. The molecule has 2 saturated carbocycles. The Morgan fingerprint density at radius 1 is 1.23 bits per heavy atom. The number of methoxy groups -OCH3 is 1. The summed E-state index contributed by atoms with van der Waals surface area (Å²) >= 11 is 0. The average Bonchev–Trinajstić information content (AvgIpc) is 2.67. The highest BCUT2D eigenvalue weighted by molar-refractivity contribution is 5.73. The summed E-state index contributed by atoms with van der Waals surface area (Å²) in [7, 11) is 1.50. The third-order valence-electron chi connectivity index (χ3n) is 4.40. The minimum atomic E-state index is 0.0197. The molecule has 2 nitrogen and oxygen atoms in total. The molecule has 2 aliphatic rings. The van der Waals surface area contributed by atoms with Crippen LogP contribution in [0.5, 0.6) is 0 Å². The first-order valence-electron chi connectivity index (χ1n) is 5.23. The molecular weight excluding hydrogens is 164 g/mol. The lowest BCUT2D eigenvalue weighted by Gasteiger charge is -2.29. The summed E-state index contributed by atoms with van der Waals surface area (Å²) in [4.78, 5) is 11.4. The van der Waals surface area contributed by atoms with Gasteiger partial charge in [0, 0.05) is 0 Å². The lowest BCUT2D eigenvalue weighted by atomic mass is 9.76.